The smallest absolute Gasteiger partial charge is 0.219 e. The van der Waals surface area contributed by atoms with Crippen molar-refractivity contribution in [3.8, 4) is 0 Å². The number of amides is 1. The Hall–Kier alpha value is -1.05. The minimum atomic E-state index is 0.264. The van der Waals surface area contributed by atoms with Gasteiger partial charge >= 0.3 is 0 Å². The van der Waals surface area contributed by atoms with Crippen LogP contribution >= 0.6 is 0 Å². The van der Waals surface area contributed by atoms with Crippen LogP contribution in [0.25, 0.3) is 0 Å². The normalized spacial score (nSPS) is 11.8. The lowest BCUT2D eigenvalue weighted by atomic mass is 10.1. The molecule has 0 aromatic heterocycles. The second kappa shape index (κ2) is 34.2. The van der Waals surface area contributed by atoms with Crippen molar-refractivity contribution in [2.75, 3.05) is 13.1 Å². The second-order valence-corrected chi connectivity index (χ2v) is 12.4. The van der Waals surface area contributed by atoms with Crippen LogP contribution in [0.5, 0.6) is 0 Å². The van der Waals surface area contributed by atoms with E-state index in [4.69, 9.17) is 0 Å². The van der Waals surface area contributed by atoms with Crippen LogP contribution in [0.4, 0.5) is 0 Å². The van der Waals surface area contributed by atoms with E-state index in [1.54, 1.807) is 6.92 Å². The highest BCUT2D eigenvalue weighted by Crippen LogP contribution is 2.13. The van der Waals surface area contributed by atoms with E-state index < -0.39 is 0 Å². The lowest BCUT2D eigenvalue weighted by Crippen LogP contribution is -2.30. The van der Waals surface area contributed by atoms with Crippen molar-refractivity contribution in [1.29, 1.82) is 0 Å². The number of hydrogen-bond donors (Lipinski definition) is 0. The Balaban J connectivity index is 3.47. The third-order valence-corrected chi connectivity index (χ3v) is 8.32. The maximum Gasteiger partial charge on any atom is 0.219 e. The van der Waals surface area contributed by atoms with Crippen molar-refractivity contribution in [1.82, 2.24) is 4.90 Å². The van der Waals surface area contributed by atoms with Gasteiger partial charge in [0.05, 0.1) is 0 Å². The predicted octanol–water partition coefficient (Wildman–Crippen LogP) is 12.9. The van der Waals surface area contributed by atoms with E-state index in [9.17, 15) is 4.79 Å². The zero-order valence-corrected chi connectivity index (χ0v) is 27.9. The highest BCUT2D eigenvalue weighted by atomic mass is 16.2. The molecule has 0 saturated carbocycles. The van der Waals surface area contributed by atoms with Crippen LogP contribution in [-0.2, 0) is 4.79 Å². The Morgan fingerprint density at radius 1 is 0.400 bits per heavy atom. The molecule has 236 valence electrons. The fraction of sp³-hybridized carbons (Fsp3) is 0.868. The molecule has 0 heterocycles. The van der Waals surface area contributed by atoms with Gasteiger partial charge in [0.15, 0.2) is 0 Å². The Labute approximate surface area is 253 Å². The third kappa shape index (κ3) is 31.5. The molecule has 0 aliphatic rings. The zero-order valence-electron chi connectivity index (χ0n) is 27.9. The molecule has 0 rings (SSSR count). The van der Waals surface area contributed by atoms with Gasteiger partial charge in [0.1, 0.15) is 0 Å². The topological polar surface area (TPSA) is 20.3 Å². The van der Waals surface area contributed by atoms with Gasteiger partial charge in [-0.1, -0.05) is 154 Å². The second-order valence-electron chi connectivity index (χ2n) is 12.4. The number of carbonyl (C=O) groups is 1. The highest BCUT2D eigenvalue weighted by Gasteiger charge is 2.07. The van der Waals surface area contributed by atoms with E-state index >= 15 is 0 Å². The fourth-order valence-electron chi connectivity index (χ4n) is 5.53. The summed E-state index contributed by atoms with van der Waals surface area (Å²) in [6.07, 6.45) is 47.0. The van der Waals surface area contributed by atoms with Gasteiger partial charge in [-0.2, -0.15) is 0 Å². The van der Waals surface area contributed by atoms with Gasteiger partial charge in [-0.15, -0.1) is 0 Å². The van der Waals surface area contributed by atoms with Crippen LogP contribution in [-0.4, -0.2) is 23.9 Å². The number of unbranched alkanes of at least 4 members (excludes halogenated alkanes) is 24. The standard InChI is InChI=1S/C38H73NO/c1-4-6-8-10-12-14-16-18-20-22-24-26-28-30-32-34-36-39(38(3)40)37-35-33-31-29-27-25-23-21-19-17-15-13-11-9-7-5-2/h18-21H,4-17,22-37H2,1-3H3/b20-18-,21-19-. The summed E-state index contributed by atoms with van der Waals surface area (Å²) < 4.78 is 0. The number of carbonyl (C=O) groups excluding carboxylic acids is 1. The first-order chi connectivity index (χ1) is 19.7. The molecule has 0 atom stereocenters. The SMILES string of the molecule is CCCCCCCC/C=C\CCCCCCCCN(CCCCCCCC/C=C\CCCCCCCC)C(C)=O. The monoisotopic (exact) mass is 560 g/mol. The molecule has 2 heteroatoms. The molecule has 0 saturated heterocycles. The summed E-state index contributed by atoms with van der Waals surface area (Å²) in [7, 11) is 0. The lowest BCUT2D eigenvalue weighted by molar-refractivity contribution is -0.129. The van der Waals surface area contributed by atoms with Gasteiger partial charge in [0.25, 0.3) is 0 Å². The van der Waals surface area contributed by atoms with E-state index in [1.807, 2.05) is 0 Å². The first-order valence-corrected chi connectivity index (χ1v) is 18.3. The summed E-state index contributed by atoms with van der Waals surface area (Å²) in [5.41, 5.74) is 0. The van der Waals surface area contributed by atoms with Gasteiger partial charge in [-0.3, -0.25) is 4.79 Å². The highest BCUT2D eigenvalue weighted by molar-refractivity contribution is 5.73. The van der Waals surface area contributed by atoms with Gasteiger partial charge in [0.2, 0.25) is 5.91 Å². The Kier molecular flexibility index (Phi) is 33.3. The van der Waals surface area contributed by atoms with Crippen molar-refractivity contribution in [3.63, 3.8) is 0 Å². The van der Waals surface area contributed by atoms with Crippen molar-refractivity contribution in [3.05, 3.63) is 24.3 Å². The molecule has 0 unspecified atom stereocenters. The molecule has 0 aliphatic heterocycles. The number of rotatable bonds is 32. The van der Waals surface area contributed by atoms with Crippen LogP contribution in [0.1, 0.15) is 201 Å². The van der Waals surface area contributed by atoms with E-state index in [2.05, 4.69) is 43.1 Å². The summed E-state index contributed by atoms with van der Waals surface area (Å²) in [5.74, 6) is 0.264. The molecule has 0 fully saturated rings. The summed E-state index contributed by atoms with van der Waals surface area (Å²) in [5, 5.41) is 0. The van der Waals surface area contributed by atoms with Crippen LogP contribution < -0.4 is 0 Å². The predicted molar refractivity (Wildman–Crippen MR) is 181 cm³/mol. The quantitative estimate of drug-likeness (QED) is 0.0592. The molecular formula is C38H73NO. The van der Waals surface area contributed by atoms with Crippen LogP contribution in [0.15, 0.2) is 24.3 Å². The number of allylic oxidation sites excluding steroid dienone is 4. The molecule has 0 spiro atoms. The van der Waals surface area contributed by atoms with Crippen molar-refractivity contribution in [2.24, 2.45) is 0 Å². The maximum absolute atomic E-state index is 12.0. The first kappa shape index (κ1) is 39.0. The van der Waals surface area contributed by atoms with Gasteiger partial charge < -0.3 is 4.90 Å². The molecule has 0 aromatic rings. The molecule has 1 amide bonds. The van der Waals surface area contributed by atoms with Crippen LogP contribution in [0.2, 0.25) is 0 Å². The molecule has 0 aliphatic carbocycles. The Morgan fingerprint density at radius 3 is 0.925 bits per heavy atom. The van der Waals surface area contributed by atoms with Gasteiger partial charge in [-0.25, -0.2) is 0 Å². The Bertz CT molecular complexity index is 510. The molecule has 40 heavy (non-hydrogen) atoms. The minimum Gasteiger partial charge on any atom is -0.343 e. The van der Waals surface area contributed by atoms with E-state index in [-0.39, 0.29) is 5.91 Å². The summed E-state index contributed by atoms with van der Waals surface area (Å²) >= 11 is 0. The summed E-state index contributed by atoms with van der Waals surface area (Å²) in [4.78, 5) is 14.1. The van der Waals surface area contributed by atoms with Crippen LogP contribution in [0, 0.1) is 0 Å². The zero-order chi connectivity index (χ0) is 29.2. The molecular weight excluding hydrogens is 486 g/mol. The Morgan fingerprint density at radius 2 is 0.650 bits per heavy atom. The summed E-state index contributed by atoms with van der Waals surface area (Å²) in [6, 6.07) is 0. The maximum atomic E-state index is 12.0. The minimum absolute atomic E-state index is 0.264. The van der Waals surface area contributed by atoms with Crippen molar-refractivity contribution >= 4 is 5.91 Å². The van der Waals surface area contributed by atoms with E-state index in [1.165, 1.54) is 180 Å². The average Bonchev–Trinajstić information content (AvgIpc) is 2.95. The van der Waals surface area contributed by atoms with Gasteiger partial charge in [-0.05, 0) is 64.2 Å². The summed E-state index contributed by atoms with van der Waals surface area (Å²) in [6.45, 7) is 8.24. The largest absolute Gasteiger partial charge is 0.343 e. The van der Waals surface area contributed by atoms with Crippen molar-refractivity contribution < 1.29 is 4.79 Å². The molecule has 0 bridgehead atoms. The third-order valence-electron chi connectivity index (χ3n) is 8.32. The number of hydrogen-bond acceptors (Lipinski definition) is 1. The average molecular weight is 560 g/mol. The van der Waals surface area contributed by atoms with E-state index in [0.29, 0.717) is 0 Å². The molecule has 0 radical (unpaired) electrons. The number of nitrogens with zero attached hydrogens (tertiary/aromatic N) is 1. The first-order valence-electron chi connectivity index (χ1n) is 18.3. The van der Waals surface area contributed by atoms with Crippen LogP contribution in [0.3, 0.4) is 0 Å². The molecule has 2 nitrogen and oxygen atoms in total. The fourth-order valence-corrected chi connectivity index (χ4v) is 5.53. The molecule has 0 aromatic carbocycles. The van der Waals surface area contributed by atoms with Gasteiger partial charge in [0, 0.05) is 20.0 Å². The van der Waals surface area contributed by atoms with Crippen molar-refractivity contribution in [2.45, 2.75) is 201 Å². The molecule has 0 N–H and O–H groups in total. The van der Waals surface area contributed by atoms with E-state index in [0.717, 1.165) is 13.1 Å². The lowest BCUT2D eigenvalue weighted by Gasteiger charge is -2.21.